The minimum atomic E-state index is -0.581. The molecule has 0 unspecified atom stereocenters. The van der Waals surface area contributed by atoms with E-state index < -0.39 is 10.8 Å². The van der Waals surface area contributed by atoms with Crippen LogP contribution in [-0.4, -0.2) is 10.8 Å². The molecule has 0 saturated heterocycles. The first-order valence-electron chi connectivity index (χ1n) is 7.75. The van der Waals surface area contributed by atoms with E-state index in [9.17, 15) is 14.9 Å². The summed E-state index contributed by atoms with van der Waals surface area (Å²) in [5.74, 6) is -0.545. The van der Waals surface area contributed by atoms with Crippen LogP contribution in [0.3, 0.4) is 0 Å². The van der Waals surface area contributed by atoms with Gasteiger partial charge < -0.3 is 5.32 Å². The standard InChI is InChI=1S/C19H14N4O3/c24-19(17-8-4-5-9-18(17)23(25)26)20-14-10-12-16(13-11-14)22-21-15-6-2-1-3-7-15/h1-13H,(H,20,24). The second-order valence-corrected chi connectivity index (χ2v) is 5.31. The minimum Gasteiger partial charge on any atom is -0.322 e. The Balaban J connectivity index is 1.71. The van der Waals surface area contributed by atoms with Crippen LogP contribution in [-0.2, 0) is 0 Å². The second-order valence-electron chi connectivity index (χ2n) is 5.31. The van der Waals surface area contributed by atoms with Gasteiger partial charge in [0.15, 0.2) is 0 Å². The van der Waals surface area contributed by atoms with Crippen molar-refractivity contribution in [2.24, 2.45) is 10.2 Å². The Morgan fingerprint density at radius 3 is 2.04 bits per heavy atom. The highest BCUT2D eigenvalue weighted by atomic mass is 16.6. The molecule has 0 bridgehead atoms. The van der Waals surface area contributed by atoms with Crippen molar-refractivity contribution in [3.8, 4) is 0 Å². The number of azo groups is 1. The molecule has 0 aliphatic carbocycles. The SMILES string of the molecule is O=C(Nc1ccc(N=Nc2ccccc2)cc1)c1ccccc1[N+](=O)[O-]. The molecule has 0 heterocycles. The molecule has 0 radical (unpaired) electrons. The van der Waals surface area contributed by atoms with E-state index in [1.54, 1.807) is 30.3 Å². The molecule has 0 aliphatic heterocycles. The lowest BCUT2D eigenvalue weighted by Gasteiger charge is -2.06. The van der Waals surface area contributed by atoms with Crippen molar-refractivity contribution >= 4 is 28.7 Å². The number of hydrogen-bond acceptors (Lipinski definition) is 5. The fraction of sp³-hybridized carbons (Fsp3) is 0. The van der Waals surface area contributed by atoms with Gasteiger partial charge in [0.05, 0.1) is 16.3 Å². The highest BCUT2D eigenvalue weighted by Crippen LogP contribution is 2.22. The normalized spacial score (nSPS) is 10.6. The highest BCUT2D eigenvalue weighted by Gasteiger charge is 2.19. The van der Waals surface area contributed by atoms with E-state index in [4.69, 9.17) is 0 Å². The average Bonchev–Trinajstić information content (AvgIpc) is 2.68. The smallest absolute Gasteiger partial charge is 0.282 e. The molecule has 0 aromatic heterocycles. The summed E-state index contributed by atoms with van der Waals surface area (Å²) < 4.78 is 0. The Morgan fingerprint density at radius 2 is 1.38 bits per heavy atom. The molecule has 0 aliphatic rings. The molecule has 7 heteroatoms. The molecule has 1 amide bonds. The summed E-state index contributed by atoms with van der Waals surface area (Å²) in [5, 5.41) is 21.9. The monoisotopic (exact) mass is 346 g/mol. The number of nitrogens with one attached hydrogen (secondary N) is 1. The molecule has 0 fully saturated rings. The lowest BCUT2D eigenvalue weighted by atomic mass is 10.1. The van der Waals surface area contributed by atoms with E-state index in [2.05, 4.69) is 15.5 Å². The first kappa shape index (κ1) is 17.0. The lowest BCUT2D eigenvalue weighted by molar-refractivity contribution is -0.385. The summed E-state index contributed by atoms with van der Waals surface area (Å²) in [6, 6.07) is 21.8. The van der Waals surface area contributed by atoms with Crippen molar-refractivity contribution in [1.82, 2.24) is 0 Å². The van der Waals surface area contributed by atoms with Crippen molar-refractivity contribution in [3.63, 3.8) is 0 Å². The van der Waals surface area contributed by atoms with E-state index in [0.29, 0.717) is 11.4 Å². The van der Waals surface area contributed by atoms with Gasteiger partial charge >= 0.3 is 0 Å². The predicted octanol–water partition coefficient (Wildman–Crippen LogP) is 5.26. The summed E-state index contributed by atoms with van der Waals surface area (Å²) in [4.78, 5) is 22.7. The summed E-state index contributed by atoms with van der Waals surface area (Å²) in [5.41, 5.74) is 1.63. The molecule has 1 N–H and O–H groups in total. The number of hydrogen-bond donors (Lipinski definition) is 1. The number of nitro benzene ring substituents is 1. The van der Waals surface area contributed by atoms with Crippen LogP contribution in [0.5, 0.6) is 0 Å². The third-order valence-corrected chi connectivity index (χ3v) is 3.51. The van der Waals surface area contributed by atoms with E-state index in [-0.39, 0.29) is 11.3 Å². The van der Waals surface area contributed by atoms with Crippen molar-refractivity contribution in [1.29, 1.82) is 0 Å². The Morgan fingerprint density at radius 1 is 0.808 bits per heavy atom. The fourth-order valence-corrected chi connectivity index (χ4v) is 2.24. The summed E-state index contributed by atoms with van der Waals surface area (Å²) in [6.07, 6.45) is 0. The maximum Gasteiger partial charge on any atom is 0.282 e. The molecule has 7 nitrogen and oxygen atoms in total. The molecule has 3 rings (SSSR count). The van der Waals surface area contributed by atoms with Gasteiger partial charge in [-0.05, 0) is 42.5 Å². The quantitative estimate of drug-likeness (QED) is 0.387. The molecule has 0 spiro atoms. The van der Waals surface area contributed by atoms with Crippen LogP contribution in [0, 0.1) is 10.1 Å². The first-order chi connectivity index (χ1) is 12.6. The van der Waals surface area contributed by atoms with E-state index in [1.165, 1.54) is 18.2 Å². The van der Waals surface area contributed by atoms with Gasteiger partial charge in [0.25, 0.3) is 11.6 Å². The van der Waals surface area contributed by atoms with Gasteiger partial charge in [-0.1, -0.05) is 30.3 Å². The van der Waals surface area contributed by atoms with Gasteiger partial charge in [0.2, 0.25) is 0 Å². The third kappa shape index (κ3) is 4.15. The lowest BCUT2D eigenvalue weighted by Crippen LogP contribution is -2.13. The summed E-state index contributed by atoms with van der Waals surface area (Å²) in [6.45, 7) is 0. The Kier molecular flexibility index (Phi) is 5.09. The van der Waals surface area contributed by atoms with Crippen LogP contribution in [0.1, 0.15) is 10.4 Å². The molecule has 26 heavy (non-hydrogen) atoms. The Hall–Kier alpha value is -3.87. The predicted molar refractivity (Wildman–Crippen MR) is 98.1 cm³/mol. The number of carbonyl (C=O) groups is 1. The first-order valence-corrected chi connectivity index (χ1v) is 7.75. The number of benzene rings is 3. The van der Waals surface area contributed by atoms with E-state index >= 15 is 0 Å². The van der Waals surface area contributed by atoms with Gasteiger partial charge in [0.1, 0.15) is 5.56 Å². The van der Waals surface area contributed by atoms with Crippen molar-refractivity contribution in [2.45, 2.75) is 0 Å². The van der Waals surface area contributed by atoms with Gasteiger partial charge in [-0.2, -0.15) is 10.2 Å². The van der Waals surface area contributed by atoms with Gasteiger partial charge in [0, 0.05) is 11.8 Å². The number of nitrogens with zero attached hydrogens (tertiary/aromatic N) is 3. The third-order valence-electron chi connectivity index (χ3n) is 3.51. The number of carbonyl (C=O) groups excluding carboxylic acids is 1. The van der Waals surface area contributed by atoms with Crippen LogP contribution < -0.4 is 5.32 Å². The van der Waals surface area contributed by atoms with E-state index in [1.807, 2.05) is 30.3 Å². The van der Waals surface area contributed by atoms with Gasteiger partial charge in [-0.25, -0.2) is 0 Å². The number of anilines is 1. The van der Waals surface area contributed by atoms with Crippen LogP contribution >= 0.6 is 0 Å². The van der Waals surface area contributed by atoms with Crippen LogP contribution in [0.2, 0.25) is 0 Å². The number of para-hydroxylation sites is 1. The zero-order valence-corrected chi connectivity index (χ0v) is 13.6. The Bertz CT molecular complexity index is 954. The van der Waals surface area contributed by atoms with Crippen LogP contribution in [0.15, 0.2) is 89.1 Å². The second kappa shape index (κ2) is 7.80. The van der Waals surface area contributed by atoms with Crippen LogP contribution in [0.4, 0.5) is 22.7 Å². The molecule has 0 saturated carbocycles. The molecule has 0 atom stereocenters. The van der Waals surface area contributed by atoms with Crippen molar-refractivity contribution in [2.75, 3.05) is 5.32 Å². The fourth-order valence-electron chi connectivity index (χ4n) is 2.24. The molecule has 128 valence electrons. The maximum atomic E-state index is 12.3. The zero-order chi connectivity index (χ0) is 18.4. The Labute approximate surface area is 149 Å². The molecule has 3 aromatic carbocycles. The molecular formula is C19H14N4O3. The maximum absolute atomic E-state index is 12.3. The number of nitro groups is 1. The molecular weight excluding hydrogens is 332 g/mol. The average molecular weight is 346 g/mol. The van der Waals surface area contributed by atoms with Crippen molar-refractivity contribution < 1.29 is 9.72 Å². The minimum absolute atomic E-state index is 0.00495. The van der Waals surface area contributed by atoms with E-state index in [0.717, 1.165) is 5.69 Å². The summed E-state index contributed by atoms with van der Waals surface area (Å²) >= 11 is 0. The van der Waals surface area contributed by atoms with Crippen molar-refractivity contribution in [3.05, 3.63) is 94.5 Å². The topological polar surface area (TPSA) is 97.0 Å². The number of amides is 1. The highest BCUT2D eigenvalue weighted by molar-refractivity contribution is 6.07. The van der Waals surface area contributed by atoms with Gasteiger partial charge in [-0.15, -0.1) is 0 Å². The van der Waals surface area contributed by atoms with Gasteiger partial charge in [-0.3, -0.25) is 14.9 Å². The summed E-state index contributed by atoms with van der Waals surface area (Å²) in [7, 11) is 0. The largest absolute Gasteiger partial charge is 0.322 e. The number of rotatable bonds is 5. The van der Waals surface area contributed by atoms with Crippen LogP contribution in [0.25, 0.3) is 0 Å². The molecule has 3 aromatic rings. The zero-order valence-electron chi connectivity index (χ0n) is 13.6.